The fourth-order valence-corrected chi connectivity index (χ4v) is 3.44. The zero-order chi connectivity index (χ0) is 18.7. The maximum Gasteiger partial charge on any atom is 4.00 e. The molecule has 164 valence electrons. The third kappa shape index (κ3) is 21.4. The second kappa shape index (κ2) is 26.4. The monoisotopic (exact) mass is 604 g/mol. The summed E-state index contributed by atoms with van der Waals surface area (Å²) in [5.74, 6) is 0. The van der Waals surface area contributed by atoms with Gasteiger partial charge < -0.3 is 24.8 Å². The standard InChI is InChI=1S/2C13H21.2ClH.Hf/c2*1-2-3-4-5-6-7-10-13-11-8-9-12-13;;;/h2*8,11H,2-7,9-10H2,1H3;2*1H;/q2*-1;;;+4/p-2. The maximum absolute atomic E-state index is 3.36. The van der Waals surface area contributed by atoms with Crippen molar-refractivity contribution in [2.24, 2.45) is 0 Å². The van der Waals surface area contributed by atoms with E-state index in [4.69, 9.17) is 0 Å². The van der Waals surface area contributed by atoms with Crippen molar-refractivity contribution >= 4 is 0 Å². The summed E-state index contributed by atoms with van der Waals surface area (Å²) >= 11 is 0. The van der Waals surface area contributed by atoms with Crippen LogP contribution < -0.4 is 24.8 Å². The molecule has 0 bridgehead atoms. The first-order chi connectivity index (χ1) is 12.9. The van der Waals surface area contributed by atoms with Crippen molar-refractivity contribution in [2.75, 3.05) is 0 Å². The SMILES string of the molecule is CCCCCCCCC1=[C-]CC=C1.CCCCCCCCC1=[C-]CC=C1.[Cl-].[Cl-].[Hf+4]. The number of unbranched alkanes of at least 4 members (excludes halogenated alkanes) is 10. The number of allylic oxidation sites excluding steroid dienone is 8. The molecule has 0 spiro atoms. The molecule has 2 aliphatic rings. The number of halogens is 2. The molecule has 0 aromatic carbocycles. The molecule has 0 radical (unpaired) electrons. The maximum atomic E-state index is 3.36. The third-order valence-corrected chi connectivity index (χ3v) is 5.13. The van der Waals surface area contributed by atoms with Crippen molar-refractivity contribution in [3.63, 3.8) is 0 Å². The fraction of sp³-hybridized carbons (Fsp3) is 0.692. The zero-order valence-corrected chi connectivity index (χ0v) is 24.0. The molecule has 0 N–H and O–H groups in total. The van der Waals surface area contributed by atoms with Gasteiger partial charge in [-0.15, -0.1) is 12.8 Å². The molecule has 0 unspecified atom stereocenters. The van der Waals surface area contributed by atoms with Gasteiger partial charge in [0.25, 0.3) is 0 Å². The van der Waals surface area contributed by atoms with Crippen molar-refractivity contribution < 1.29 is 50.7 Å². The fourth-order valence-electron chi connectivity index (χ4n) is 3.44. The van der Waals surface area contributed by atoms with Crippen molar-refractivity contribution in [3.05, 3.63) is 47.6 Å². The van der Waals surface area contributed by atoms with Gasteiger partial charge in [0.2, 0.25) is 0 Å². The van der Waals surface area contributed by atoms with Crippen LogP contribution in [0.5, 0.6) is 0 Å². The molecule has 0 fully saturated rings. The van der Waals surface area contributed by atoms with Crippen LogP contribution in [-0.4, -0.2) is 0 Å². The average molecular weight is 604 g/mol. The Morgan fingerprint density at radius 1 is 0.586 bits per heavy atom. The van der Waals surface area contributed by atoms with Gasteiger partial charge in [-0.05, 0) is 0 Å². The summed E-state index contributed by atoms with van der Waals surface area (Å²) in [6, 6.07) is 0. The summed E-state index contributed by atoms with van der Waals surface area (Å²) in [5, 5.41) is 0. The number of rotatable bonds is 14. The van der Waals surface area contributed by atoms with E-state index in [0.29, 0.717) is 0 Å². The Labute approximate surface area is 213 Å². The molecule has 0 heterocycles. The van der Waals surface area contributed by atoms with Gasteiger partial charge in [0.1, 0.15) is 0 Å². The molecule has 2 rings (SSSR count). The van der Waals surface area contributed by atoms with Gasteiger partial charge in [-0.2, -0.15) is 12.2 Å². The molecular formula is C26H42Cl2Hf. The number of hydrogen-bond acceptors (Lipinski definition) is 0. The zero-order valence-electron chi connectivity index (χ0n) is 18.9. The topological polar surface area (TPSA) is 0 Å². The second-order valence-electron chi connectivity index (χ2n) is 7.65. The summed E-state index contributed by atoms with van der Waals surface area (Å²) in [6.45, 7) is 4.53. The molecule has 2 aliphatic carbocycles. The summed E-state index contributed by atoms with van der Waals surface area (Å²) in [7, 11) is 0. The van der Waals surface area contributed by atoms with Crippen molar-refractivity contribution in [1.29, 1.82) is 0 Å². The Morgan fingerprint density at radius 3 is 1.24 bits per heavy atom. The van der Waals surface area contributed by atoms with E-state index >= 15 is 0 Å². The molecule has 0 aliphatic heterocycles. The van der Waals surface area contributed by atoms with E-state index in [1.54, 1.807) is 0 Å². The number of hydrogen-bond donors (Lipinski definition) is 0. The summed E-state index contributed by atoms with van der Waals surface area (Å²) in [6.07, 6.45) is 36.9. The van der Waals surface area contributed by atoms with Gasteiger partial charge in [-0.3, -0.25) is 12.2 Å². The smallest absolute Gasteiger partial charge is 1.00 e. The molecule has 0 aromatic rings. The Balaban J connectivity index is -0.000000422. The Hall–Kier alpha value is 0.410. The first kappa shape index (κ1) is 34.0. The minimum absolute atomic E-state index is 0. The normalized spacial score (nSPS) is 13.4. The van der Waals surface area contributed by atoms with E-state index in [1.165, 1.54) is 101 Å². The molecule has 0 nitrogen and oxygen atoms in total. The van der Waals surface area contributed by atoms with Gasteiger partial charge in [-0.25, -0.2) is 23.3 Å². The van der Waals surface area contributed by atoms with E-state index in [9.17, 15) is 0 Å². The van der Waals surface area contributed by atoms with Crippen LogP contribution in [0.15, 0.2) is 35.5 Å². The molecule has 29 heavy (non-hydrogen) atoms. The molecule has 0 saturated heterocycles. The van der Waals surface area contributed by atoms with E-state index in [2.05, 4.69) is 50.3 Å². The van der Waals surface area contributed by atoms with Crippen LogP contribution >= 0.6 is 0 Å². The van der Waals surface area contributed by atoms with Crippen LogP contribution in [0, 0.1) is 12.2 Å². The van der Waals surface area contributed by atoms with Crippen LogP contribution in [0.1, 0.15) is 117 Å². The van der Waals surface area contributed by atoms with Gasteiger partial charge in [0.15, 0.2) is 0 Å². The first-order valence-corrected chi connectivity index (χ1v) is 11.4. The molecule has 0 amide bonds. The molecule has 3 heteroatoms. The minimum atomic E-state index is 0. The minimum Gasteiger partial charge on any atom is -1.00 e. The van der Waals surface area contributed by atoms with E-state index in [0.717, 1.165) is 12.8 Å². The van der Waals surface area contributed by atoms with Crippen molar-refractivity contribution in [3.8, 4) is 0 Å². The molecule has 0 saturated carbocycles. The van der Waals surface area contributed by atoms with E-state index < -0.39 is 0 Å². The molecular weight excluding hydrogens is 562 g/mol. The van der Waals surface area contributed by atoms with E-state index in [-0.39, 0.29) is 50.7 Å². The van der Waals surface area contributed by atoms with Gasteiger partial charge in [0.05, 0.1) is 0 Å². The average Bonchev–Trinajstić information content (AvgIpc) is 3.35. The quantitative estimate of drug-likeness (QED) is 0.163. The predicted octanol–water partition coefficient (Wildman–Crippen LogP) is 2.86. The van der Waals surface area contributed by atoms with Crippen molar-refractivity contribution in [2.45, 2.75) is 117 Å². The van der Waals surface area contributed by atoms with Crippen LogP contribution in [0.3, 0.4) is 0 Å². The Morgan fingerprint density at radius 2 is 0.931 bits per heavy atom. The largest absolute Gasteiger partial charge is 4.00 e. The first-order valence-electron chi connectivity index (χ1n) is 11.4. The van der Waals surface area contributed by atoms with Crippen LogP contribution in [0.2, 0.25) is 0 Å². The van der Waals surface area contributed by atoms with Gasteiger partial charge in [-0.1, -0.05) is 104 Å². The predicted molar refractivity (Wildman–Crippen MR) is 117 cm³/mol. The molecule has 0 aromatic heterocycles. The summed E-state index contributed by atoms with van der Waals surface area (Å²) in [5.41, 5.74) is 2.88. The van der Waals surface area contributed by atoms with Crippen LogP contribution in [-0.2, 0) is 25.8 Å². The molecule has 0 atom stereocenters. The van der Waals surface area contributed by atoms with Crippen LogP contribution in [0.25, 0.3) is 0 Å². The van der Waals surface area contributed by atoms with E-state index in [1.807, 2.05) is 0 Å². The van der Waals surface area contributed by atoms with Gasteiger partial charge >= 0.3 is 25.8 Å². The summed E-state index contributed by atoms with van der Waals surface area (Å²) < 4.78 is 0. The van der Waals surface area contributed by atoms with Crippen LogP contribution in [0.4, 0.5) is 0 Å². The van der Waals surface area contributed by atoms with Crippen molar-refractivity contribution in [1.82, 2.24) is 0 Å². The Kier molecular flexibility index (Phi) is 31.0. The Bertz CT molecular complexity index is 408. The van der Waals surface area contributed by atoms with Gasteiger partial charge in [0, 0.05) is 0 Å². The second-order valence-corrected chi connectivity index (χ2v) is 7.65. The summed E-state index contributed by atoms with van der Waals surface area (Å²) in [4.78, 5) is 0. The third-order valence-electron chi connectivity index (χ3n) is 5.13.